The summed E-state index contributed by atoms with van der Waals surface area (Å²) in [4.78, 5) is 2.53. The highest BCUT2D eigenvalue weighted by Gasteiger charge is 2.25. The van der Waals surface area contributed by atoms with Gasteiger partial charge in [0.1, 0.15) is 0 Å². The molecule has 2 atom stereocenters. The minimum atomic E-state index is 0.549. The first-order valence-corrected chi connectivity index (χ1v) is 8.12. The van der Waals surface area contributed by atoms with E-state index in [0.717, 1.165) is 25.6 Å². The van der Waals surface area contributed by atoms with Crippen LogP contribution in [0, 0.1) is 5.92 Å². The van der Waals surface area contributed by atoms with Crippen LogP contribution in [0.5, 0.6) is 0 Å². The van der Waals surface area contributed by atoms with Gasteiger partial charge in [-0.3, -0.25) is 4.90 Å². The lowest BCUT2D eigenvalue weighted by atomic mass is 9.99. The summed E-state index contributed by atoms with van der Waals surface area (Å²) in [6.07, 6.45) is 1.23. The summed E-state index contributed by atoms with van der Waals surface area (Å²) in [5.74, 6) is 0.729. The molecule has 2 nitrogen and oxygen atoms in total. The summed E-state index contributed by atoms with van der Waals surface area (Å²) >= 11 is 12.1. The van der Waals surface area contributed by atoms with E-state index in [1.807, 2.05) is 12.1 Å². The number of nitrogens with one attached hydrogen (secondary N) is 1. The molecule has 1 heterocycles. The highest BCUT2D eigenvalue weighted by Crippen LogP contribution is 2.24. The molecule has 1 saturated heterocycles. The lowest BCUT2D eigenvalue weighted by Crippen LogP contribution is -2.55. The zero-order valence-electron chi connectivity index (χ0n) is 12.5. The predicted molar refractivity (Wildman–Crippen MR) is 87.6 cm³/mol. The zero-order chi connectivity index (χ0) is 14.7. The van der Waals surface area contributed by atoms with Gasteiger partial charge in [0.2, 0.25) is 0 Å². The summed E-state index contributed by atoms with van der Waals surface area (Å²) in [6.45, 7) is 9.93. The maximum atomic E-state index is 6.10. The van der Waals surface area contributed by atoms with Gasteiger partial charge in [0.05, 0.1) is 10.0 Å². The number of benzene rings is 1. The van der Waals surface area contributed by atoms with Gasteiger partial charge < -0.3 is 5.32 Å². The third kappa shape index (κ3) is 4.36. The third-order valence-corrected chi connectivity index (χ3v) is 4.64. The van der Waals surface area contributed by atoms with E-state index in [1.54, 1.807) is 0 Å². The van der Waals surface area contributed by atoms with E-state index in [0.29, 0.717) is 22.1 Å². The van der Waals surface area contributed by atoms with Crippen LogP contribution in [-0.4, -0.2) is 30.1 Å². The van der Waals surface area contributed by atoms with E-state index in [1.165, 1.54) is 12.0 Å². The van der Waals surface area contributed by atoms with E-state index in [-0.39, 0.29) is 0 Å². The molecule has 1 fully saturated rings. The topological polar surface area (TPSA) is 15.3 Å². The average molecular weight is 315 g/mol. The maximum absolute atomic E-state index is 6.10. The molecular formula is C16H24Cl2N2. The van der Waals surface area contributed by atoms with Crippen molar-refractivity contribution in [3.8, 4) is 0 Å². The van der Waals surface area contributed by atoms with Gasteiger partial charge in [0, 0.05) is 31.7 Å². The van der Waals surface area contributed by atoms with E-state index >= 15 is 0 Å². The smallest absolute Gasteiger partial charge is 0.0595 e. The Kier molecular flexibility index (Phi) is 5.74. The number of hydrogen-bond acceptors (Lipinski definition) is 2. The summed E-state index contributed by atoms with van der Waals surface area (Å²) in [5.41, 5.74) is 1.23. The SMILES string of the molecule is CC(C)CC1CN(Cc2ccc(Cl)c(Cl)c2)C(C)CN1. The van der Waals surface area contributed by atoms with Crippen LogP contribution in [0.1, 0.15) is 32.8 Å². The lowest BCUT2D eigenvalue weighted by molar-refractivity contribution is 0.125. The summed E-state index contributed by atoms with van der Waals surface area (Å²) in [5, 5.41) is 4.92. The summed E-state index contributed by atoms with van der Waals surface area (Å²) in [7, 11) is 0. The minimum absolute atomic E-state index is 0.549. The second-order valence-corrected chi connectivity index (χ2v) is 7.08. The van der Waals surface area contributed by atoms with Gasteiger partial charge in [0.15, 0.2) is 0 Å². The number of piperazine rings is 1. The van der Waals surface area contributed by atoms with Crippen molar-refractivity contribution in [3.05, 3.63) is 33.8 Å². The Morgan fingerprint density at radius 1 is 1.30 bits per heavy atom. The Bertz CT molecular complexity index is 448. The van der Waals surface area contributed by atoms with Crippen LogP contribution in [0.4, 0.5) is 0 Å². The van der Waals surface area contributed by atoms with Crippen LogP contribution in [-0.2, 0) is 6.54 Å². The first kappa shape index (κ1) is 16.1. The molecule has 0 spiro atoms. The molecule has 1 aliphatic rings. The second kappa shape index (κ2) is 7.13. The van der Waals surface area contributed by atoms with Crippen molar-refractivity contribution in [2.45, 2.75) is 45.8 Å². The molecule has 1 aromatic carbocycles. The molecule has 0 aromatic heterocycles. The molecule has 4 heteroatoms. The monoisotopic (exact) mass is 314 g/mol. The number of hydrogen-bond donors (Lipinski definition) is 1. The van der Waals surface area contributed by atoms with Crippen LogP contribution in [0.15, 0.2) is 18.2 Å². The Morgan fingerprint density at radius 2 is 2.05 bits per heavy atom. The van der Waals surface area contributed by atoms with Crippen molar-refractivity contribution < 1.29 is 0 Å². The highest BCUT2D eigenvalue weighted by molar-refractivity contribution is 6.42. The fourth-order valence-corrected chi connectivity index (χ4v) is 3.13. The molecule has 0 aliphatic carbocycles. The number of halogens is 2. The Balaban J connectivity index is 2.00. The Labute approximate surface area is 132 Å². The minimum Gasteiger partial charge on any atom is -0.311 e. The number of nitrogens with zero attached hydrogens (tertiary/aromatic N) is 1. The van der Waals surface area contributed by atoms with Crippen molar-refractivity contribution in [3.63, 3.8) is 0 Å². The van der Waals surface area contributed by atoms with Crippen LogP contribution in [0.3, 0.4) is 0 Å². The van der Waals surface area contributed by atoms with Gasteiger partial charge in [-0.2, -0.15) is 0 Å². The fourth-order valence-electron chi connectivity index (χ4n) is 2.81. The van der Waals surface area contributed by atoms with E-state index in [4.69, 9.17) is 23.2 Å². The Hall–Kier alpha value is -0.280. The average Bonchev–Trinajstić information content (AvgIpc) is 2.37. The van der Waals surface area contributed by atoms with Gasteiger partial charge in [-0.25, -0.2) is 0 Å². The first-order chi connectivity index (χ1) is 9.45. The van der Waals surface area contributed by atoms with Crippen LogP contribution in [0.2, 0.25) is 10.0 Å². The molecule has 0 saturated carbocycles. The first-order valence-electron chi connectivity index (χ1n) is 7.37. The molecule has 112 valence electrons. The van der Waals surface area contributed by atoms with Crippen molar-refractivity contribution in [2.75, 3.05) is 13.1 Å². The van der Waals surface area contributed by atoms with Crippen LogP contribution < -0.4 is 5.32 Å². The van der Waals surface area contributed by atoms with Gasteiger partial charge in [0.25, 0.3) is 0 Å². The third-order valence-electron chi connectivity index (χ3n) is 3.91. The van der Waals surface area contributed by atoms with Crippen molar-refractivity contribution in [1.29, 1.82) is 0 Å². The molecule has 1 aliphatic heterocycles. The van der Waals surface area contributed by atoms with Crippen molar-refractivity contribution in [2.24, 2.45) is 5.92 Å². The molecule has 0 bridgehead atoms. The standard InChI is InChI=1S/C16H24Cl2N2/c1-11(2)6-14-10-20(12(3)8-19-14)9-13-4-5-15(17)16(18)7-13/h4-5,7,11-12,14,19H,6,8-10H2,1-3H3. The van der Waals surface area contributed by atoms with Crippen LogP contribution >= 0.6 is 23.2 Å². The van der Waals surface area contributed by atoms with E-state index in [9.17, 15) is 0 Å². The van der Waals surface area contributed by atoms with E-state index < -0.39 is 0 Å². The van der Waals surface area contributed by atoms with Crippen LogP contribution in [0.25, 0.3) is 0 Å². The highest BCUT2D eigenvalue weighted by atomic mass is 35.5. The number of rotatable bonds is 4. The molecule has 2 rings (SSSR count). The molecule has 0 radical (unpaired) electrons. The molecular weight excluding hydrogens is 291 g/mol. The van der Waals surface area contributed by atoms with Gasteiger partial charge in [-0.15, -0.1) is 0 Å². The maximum Gasteiger partial charge on any atom is 0.0595 e. The second-order valence-electron chi connectivity index (χ2n) is 6.26. The van der Waals surface area contributed by atoms with E-state index in [2.05, 4.69) is 37.1 Å². The largest absolute Gasteiger partial charge is 0.311 e. The molecule has 2 unspecified atom stereocenters. The van der Waals surface area contributed by atoms with Gasteiger partial charge in [-0.1, -0.05) is 43.1 Å². The van der Waals surface area contributed by atoms with Gasteiger partial charge >= 0.3 is 0 Å². The molecule has 1 N–H and O–H groups in total. The lowest BCUT2D eigenvalue weighted by Gasteiger charge is -2.39. The Morgan fingerprint density at radius 3 is 2.70 bits per heavy atom. The van der Waals surface area contributed by atoms with Crippen molar-refractivity contribution in [1.82, 2.24) is 10.2 Å². The molecule has 20 heavy (non-hydrogen) atoms. The molecule has 0 amide bonds. The fraction of sp³-hybridized carbons (Fsp3) is 0.625. The summed E-state index contributed by atoms with van der Waals surface area (Å²) in [6, 6.07) is 7.08. The van der Waals surface area contributed by atoms with Gasteiger partial charge in [-0.05, 0) is 37.0 Å². The van der Waals surface area contributed by atoms with Crippen molar-refractivity contribution >= 4 is 23.2 Å². The predicted octanol–water partition coefficient (Wildman–Crippen LogP) is 4.20. The molecule has 1 aromatic rings. The normalized spacial score (nSPS) is 24.3. The summed E-state index contributed by atoms with van der Waals surface area (Å²) < 4.78 is 0. The quantitative estimate of drug-likeness (QED) is 0.896. The zero-order valence-corrected chi connectivity index (χ0v) is 14.0.